The second-order valence-corrected chi connectivity index (χ2v) is 13.6. The molecule has 0 bridgehead atoms. The van der Waals surface area contributed by atoms with Crippen molar-refractivity contribution >= 4 is 0 Å². The fourth-order valence-electron chi connectivity index (χ4n) is 7.45. The van der Waals surface area contributed by atoms with E-state index in [4.69, 9.17) is 5.73 Å². The molecule has 230 valence electrons. The lowest BCUT2D eigenvalue weighted by molar-refractivity contribution is 0.261. The Labute approximate surface area is 255 Å². The number of hydrogen-bond acceptors (Lipinski definition) is 1. The van der Waals surface area contributed by atoms with Gasteiger partial charge in [0.1, 0.15) is 0 Å². The summed E-state index contributed by atoms with van der Waals surface area (Å²) in [5.41, 5.74) is 11.8. The molecule has 2 aliphatic carbocycles. The first-order valence-corrected chi connectivity index (χ1v) is 17.1. The van der Waals surface area contributed by atoms with Gasteiger partial charge in [-0.1, -0.05) is 145 Å². The SMILES string of the molecule is C=C/C=C\C1=C(C)[C@@H](C/C=C(\C=C)CC(C)C[C@H](CCCCN)C(C)C/C(C=C)=C/CC(C)C2CCCCC2)CC1. The van der Waals surface area contributed by atoms with Gasteiger partial charge in [-0.05, 0) is 106 Å². The Bertz CT molecular complexity index is 905. The lowest BCUT2D eigenvalue weighted by atomic mass is 9.77. The third-order valence-corrected chi connectivity index (χ3v) is 10.4. The quantitative estimate of drug-likeness (QED) is 0.116. The summed E-state index contributed by atoms with van der Waals surface area (Å²) in [7, 11) is 0. The fraction of sp³-hybridized carbons (Fsp3) is 0.650. The third kappa shape index (κ3) is 12.9. The van der Waals surface area contributed by atoms with Crippen LogP contribution in [0.1, 0.15) is 124 Å². The summed E-state index contributed by atoms with van der Waals surface area (Å²) in [4.78, 5) is 0. The second-order valence-electron chi connectivity index (χ2n) is 13.6. The Morgan fingerprint density at radius 1 is 0.927 bits per heavy atom. The van der Waals surface area contributed by atoms with Gasteiger partial charge >= 0.3 is 0 Å². The summed E-state index contributed by atoms with van der Waals surface area (Å²) in [6.45, 7) is 22.8. The van der Waals surface area contributed by atoms with E-state index in [-0.39, 0.29) is 0 Å². The van der Waals surface area contributed by atoms with E-state index in [9.17, 15) is 0 Å². The maximum atomic E-state index is 5.88. The zero-order valence-electron chi connectivity index (χ0n) is 27.5. The summed E-state index contributed by atoms with van der Waals surface area (Å²) in [5.74, 6) is 4.42. The van der Waals surface area contributed by atoms with Crippen molar-refractivity contribution in [2.75, 3.05) is 6.54 Å². The van der Waals surface area contributed by atoms with Crippen LogP contribution in [0.25, 0.3) is 0 Å². The van der Waals surface area contributed by atoms with Crippen molar-refractivity contribution in [3.8, 4) is 0 Å². The fourth-order valence-corrected chi connectivity index (χ4v) is 7.45. The predicted molar refractivity (Wildman–Crippen MR) is 185 cm³/mol. The molecule has 3 unspecified atom stereocenters. The molecule has 2 aliphatic rings. The van der Waals surface area contributed by atoms with Crippen molar-refractivity contribution in [2.24, 2.45) is 41.2 Å². The number of rotatable bonds is 20. The number of hydrogen-bond donors (Lipinski definition) is 1. The molecule has 1 fully saturated rings. The van der Waals surface area contributed by atoms with Crippen molar-refractivity contribution in [2.45, 2.75) is 124 Å². The minimum absolute atomic E-state index is 0.651. The molecule has 0 spiro atoms. The van der Waals surface area contributed by atoms with Gasteiger partial charge in [-0.25, -0.2) is 0 Å². The normalized spacial score (nSPS) is 22.1. The molecule has 5 atom stereocenters. The third-order valence-electron chi connectivity index (χ3n) is 10.4. The summed E-state index contributed by atoms with van der Waals surface area (Å²) in [6.07, 6.45) is 34.7. The molecule has 1 heteroatoms. The van der Waals surface area contributed by atoms with Gasteiger partial charge in [0.25, 0.3) is 0 Å². The lowest BCUT2D eigenvalue weighted by Crippen LogP contribution is -2.17. The van der Waals surface area contributed by atoms with Gasteiger partial charge in [-0.15, -0.1) is 0 Å². The monoisotopic (exact) mass is 560 g/mol. The molecule has 0 aliphatic heterocycles. The van der Waals surface area contributed by atoms with Crippen molar-refractivity contribution in [1.29, 1.82) is 0 Å². The summed E-state index contributed by atoms with van der Waals surface area (Å²) >= 11 is 0. The molecule has 1 saturated carbocycles. The van der Waals surface area contributed by atoms with E-state index in [0.29, 0.717) is 17.8 Å². The highest BCUT2D eigenvalue weighted by Gasteiger charge is 2.23. The average Bonchev–Trinajstić information content (AvgIpc) is 3.34. The Balaban J connectivity index is 1.98. The van der Waals surface area contributed by atoms with Gasteiger partial charge in [0.15, 0.2) is 0 Å². The van der Waals surface area contributed by atoms with E-state index >= 15 is 0 Å². The topological polar surface area (TPSA) is 26.0 Å². The minimum Gasteiger partial charge on any atom is -0.330 e. The van der Waals surface area contributed by atoms with Crippen LogP contribution in [0.3, 0.4) is 0 Å². The second kappa shape index (κ2) is 20.1. The Hall–Kier alpha value is -1.86. The molecule has 0 aromatic rings. The molecule has 1 nitrogen and oxygen atoms in total. The number of allylic oxidation sites excluding steroid dienone is 11. The molecule has 0 radical (unpaired) electrons. The van der Waals surface area contributed by atoms with Gasteiger partial charge in [-0.3, -0.25) is 0 Å². The molecule has 2 rings (SSSR count). The zero-order chi connectivity index (χ0) is 30.0. The van der Waals surface area contributed by atoms with Gasteiger partial charge in [0.2, 0.25) is 0 Å². The Kier molecular flexibility index (Phi) is 17.3. The van der Waals surface area contributed by atoms with Gasteiger partial charge in [0, 0.05) is 0 Å². The molecule has 0 saturated heterocycles. The molecular weight excluding hydrogens is 494 g/mol. The molecule has 0 aromatic carbocycles. The largest absolute Gasteiger partial charge is 0.330 e. The molecule has 0 aromatic heterocycles. The predicted octanol–water partition coefficient (Wildman–Crippen LogP) is 11.9. The highest BCUT2D eigenvalue weighted by molar-refractivity contribution is 5.32. The van der Waals surface area contributed by atoms with Crippen LogP contribution in [-0.4, -0.2) is 6.54 Å². The first kappa shape index (κ1) is 35.3. The van der Waals surface area contributed by atoms with E-state index in [1.165, 1.54) is 87.3 Å². The van der Waals surface area contributed by atoms with Crippen molar-refractivity contribution in [3.63, 3.8) is 0 Å². The van der Waals surface area contributed by atoms with Crippen LogP contribution in [-0.2, 0) is 0 Å². The van der Waals surface area contributed by atoms with E-state index in [1.54, 1.807) is 5.57 Å². The first-order chi connectivity index (χ1) is 19.8. The Morgan fingerprint density at radius 2 is 1.63 bits per heavy atom. The van der Waals surface area contributed by atoms with Crippen LogP contribution in [0.15, 0.2) is 84.6 Å². The smallest absolute Gasteiger partial charge is 0.00773 e. The maximum Gasteiger partial charge on any atom is -0.00773 e. The molecule has 41 heavy (non-hydrogen) atoms. The highest BCUT2D eigenvalue weighted by Crippen LogP contribution is 2.37. The van der Waals surface area contributed by atoms with E-state index in [0.717, 1.165) is 50.0 Å². The number of nitrogens with two attached hydrogens (primary N) is 1. The average molecular weight is 560 g/mol. The van der Waals surface area contributed by atoms with Crippen molar-refractivity contribution < 1.29 is 0 Å². The molecule has 0 amide bonds. The van der Waals surface area contributed by atoms with Crippen molar-refractivity contribution in [1.82, 2.24) is 0 Å². The zero-order valence-corrected chi connectivity index (χ0v) is 27.5. The van der Waals surface area contributed by atoms with Gasteiger partial charge < -0.3 is 5.73 Å². The standard InChI is InChI=1S/C40H65N/c1-8-11-17-38-25-26-39(34(38)7)24-23-35(9-2)28-31(4)29-40(20-15-16-27-41)33(6)30-36(10-3)22-21-32(5)37-18-13-12-14-19-37/h8-11,17,22-23,31-33,37,39-40H,1-3,12-16,18-21,24-30,41H2,4-7H3/b17-11-,35-23+,36-22+/t31?,32?,33?,39-,40-/m0/s1. The Morgan fingerprint density at radius 3 is 2.29 bits per heavy atom. The van der Waals surface area contributed by atoms with E-state index in [1.807, 2.05) is 6.08 Å². The highest BCUT2D eigenvalue weighted by atomic mass is 14.5. The summed E-state index contributed by atoms with van der Waals surface area (Å²) in [6, 6.07) is 0. The van der Waals surface area contributed by atoms with Crippen LogP contribution in [0.2, 0.25) is 0 Å². The van der Waals surface area contributed by atoms with Crippen LogP contribution in [0, 0.1) is 35.5 Å². The van der Waals surface area contributed by atoms with Crippen LogP contribution in [0.4, 0.5) is 0 Å². The minimum atomic E-state index is 0.651. The first-order valence-electron chi connectivity index (χ1n) is 17.1. The van der Waals surface area contributed by atoms with Crippen LogP contribution >= 0.6 is 0 Å². The van der Waals surface area contributed by atoms with E-state index < -0.39 is 0 Å². The van der Waals surface area contributed by atoms with Gasteiger partial charge in [0.05, 0.1) is 0 Å². The maximum absolute atomic E-state index is 5.88. The van der Waals surface area contributed by atoms with E-state index in [2.05, 4.69) is 83.9 Å². The van der Waals surface area contributed by atoms with Crippen LogP contribution in [0.5, 0.6) is 0 Å². The van der Waals surface area contributed by atoms with Crippen molar-refractivity contribution in [3.05, 3.63) is 84.6 Å². The van der Waals surface area contributed by atoms with Crippen LogP contribution < -0.4 is 5.73 Å². The summed E-state index contributed by atoms with van der Waals surface area (Å²) < 4.78 is 0. The van der Waals surface area contributed by atoms with Gasteiger partial charge in [-0.2, -0.15) is 0 Å². The summed E-state index contributed by atoms with van der Waals surface area (Å²) in [5, 5.41) is 0. The molecule has 2 N–H and O–H groups in total. The lowest BCUT2D eigenvalue weighted by Gasteiger charge is -2.29. The number of unbranched alkanes of at least 4 members (excludes halogenated alkanes) is 1. The molecular formula is C40H65N. The molecule has 0 heterocycles.